The number of aromatic nitrogens is 1. The first kappa shape index (κ1) is 15.9. The van der Waals surface area contributed by atoms with E-state index >= 15 is 0 Å². The molecule has 0 fully saturated rings. The number of nitrogens with one attached hydrogen (secondary N) is 3. The Hall–Kier alpha value is -2.18. The lowest BCUT2D eigenvalue weighted by atomic mass is 10.2. The monoisotopic (exact) mass is 282 g/mol. The van der Waals surface area contributed by atoms with E-state index < -0.39 is 11.7 Å². The molecule has 0 aromatic carbocycles. The van der Waals surface area contributed by atoms with Crippen LogP contribution in [0.5, 0.6) is 0 Å². The topological polar surface area (TPSA) is 83.1 Å². The summed E-state index contributed by atoms with van der Waals surface area (Å²) in [4.78, 5) is 26.8. The molecule has 0 bridgehead atoms. The fourth-order valence-corrected chi connectivity index (χ4v) is 1.58. The van der Waals surface area contributed by atoms with Crippen LogP contribution in [-0.4, -0.2) is 36.4 Å². The van der Waals surface area contributed by atoms with Gasteiger partial charge in [-0.1, -0.05) is 0 Å². The standard InChI is InChI=1S/C13H19FN4O2/c1-3-15-10(19)6-8-18-13(20)9-5-7-17-12(11(9)14)16-4-2/h5,7H,3-4,6,8H2,1-2H3,(H,15,19)(H,16,17)(H,18,20). The molecule has 1 aromatic heterocycles. The van der Waals surface area contributed by atoms with Crippen molar-refractivity contribution in [3.63, 3.8) is 0 Å². The lowest BCUT2D eigenvalue weighted by Crippen LogP contribution is -2.31. The molecule has 1 rings (SSSR count). The fourth-order valence-electron chi connectivity index (χ4n) is 1.58. The van der Waals surface area contributed by atoms with Crippen molar-refractivity contribution in [2.45, 2.75) is 20.3 Å². The Bertz CT molecular complexity index is 479. The maximum Gasteiger partial charge on any atom is 0.254 e. The fraction of sp³-hybridized carbons (Fsp3) is 0.462. The molecule has 2 amide bonds. The van der Waals surface area contributed by atoms with Gasteiger partial charge >= 0.3 is 0 Å². The largest absolute Gasteiger partial charge is 0.368 e. The third-order valence-corrected chi connectivity index (χ3v) is 2.49. The summed E-state index contributed by atoms with van der Waals surface area (Å²) in [7, 11) is 0. The maximum atomic E-state index is 14.0. The molecule has 0 atom stereocenters. The third kappa shape index (κ3) is 4.49. The van der Waals surface area contributed by atoms with E-state index in [1.807, 2.05) is 6.92 Å². The van der Waals surface area contributed by atoms with E-state index in [1.165, 1.54) is 12.3 Å². The van der Waals surface area contributed by atoms with E-state index in [4.69, 9.17) is 0 Å². The number of hydrogen-bond donors (Lipinski definition) is 3. The second kappa shape index (κ2) is 8.08. The summed E-state index contributed by atoms with van der Waals surface area (Å²) in [6.45, 7) is 4.82. The Morgan fingerprint density at radius 2 is 2.00 bits per heavy atom. The zero-order chi connectivity index (χ0) is 15.0. The molecule has 0 aliphatic rings. The predicted molar refractivity (Wildman–Crippen MR) is 74.0 cm³/mol. The molecule has 6 nitrogen and oxygen atoms in total. The van der Waals surface area contributed by atoms with E-state index in [9.17, 15) is 14.0 Å². The van der Waals surface area contributed by atoms with Crippen LogP contribution in [-0.2, 0) is 4.79 Å². The zero-order valence-electron chi connectivity index (χ0n) is 11.6. The number of carbonyl (C=O) groups excluding carboxylic acids is 2. The van der Waals surface area contributed by atoms with Gasteiger partial charge in [0.1, 0.15) is 0 Å². The summed E-state index contributed by atoms with van der Waals surface area (Å²) in [5, 5.41) is 7.85. The van der Waals surface area contributed by atoms with Gasteiger partial charge in [0.25, 0.3) is 5.91 Å². The first-order chi connectivity index (χ1) is 9.60. The molecule has 20 heavy (non-hydrogen) atoms. The second-order valence-corrected chi connectivity index (χ2v) is 4.01. The minimum Gasteiger partial charge on any atom is -0.368 e. The number of halogens is 1. The molecule has 1 heterocycles. The van der Waals surface area contributed by atoms with Crippen molar-refractivity contribution in [1.82, 2.24) is 15.6 Å². The molecule has 0 spiro atoms. The average molecular weight is 282 g/mol. The number of rotatable bonds is 7. The summed E-state index contributed by atoms with van der Waals surface area (Å²) in [6.07, 6.45) is 1.52. The van der Waals surface area contributed by atoms with Gasteiger partial charge in [0.05, 0.1) is 5.56 Å². The minimum absolute atomic E-state index is 0.0453. The van der Waals surface area contributed by atoms with Gasteiger partial charge in [0.2, 0.25) is 5.91 Å². The van der Waals surface area contributed by atoms with Crippen LogP contribution in [0.1, 0.15) is 30.6 Å². The lowest BCUT2D eigenvalue weighted by molar-refractivity contribution is -0.120. The van der Waals surface area contributed by atoms with Gasteiger partial charge in [0, 0.05) is 32.3 Å². The van der Waals surface area contributed by atoms with Crippen molar-refractivity contribution in [2.75, 3.05) is 25.0 Å². The molecule has 7 heteroatoms. The van der Waals surface area contributed by atoms with Crippen molar-refractivity contribution in [3.8, 4) is 0 Å². The van der Waals surface area contributed by atoms with Crippen LogP contribution in [0.2, 0.25) is 0 Å². The number of pyridine rings is 1. The van der Waals surface area contributed by atoms with Crippen LogP contribution in [0.3, 0.4) is 0 Å². The molecule has 0 aliphatic heterocycles. The molecule has 110 valence electrons. The van der Waals surface area contributed by atoms with Crippen LogP contribution < -0.4 is 16.0 Å². The second-order valence-electron chi connectivity index (χ2n) is 4.01. The van der Waals surface area contributed by atoms with Gasteiger partial charge in [-0.2, -0.15) is 0 Å². The Morgan fingerprint density at radius 1 is 1.25 bits per heavy atom. The predicted octanol–water partition coefficient (Wildman–Crippen LogP) is 0.908. The molecule has 0 saturated carbocycles. The highest BCUT2D eigenvalue weighted by Gasteiger charge is 2.15. The molecule has 0 aliphatic carbocycles. The highest BCUT2D eigenvalue weighted by atomic mass is 19.1. The molecule has 1 aromatic rings. The Labute approximate surface area is 117 Å². The van der Waals surface area contributed by atoms with Gasteiger partial charge in [-0.05, 0) is 19.9 Å². The van der Waals surface area contributed by atoms with Crippen LogP contribution in [0.4, 0.5) is 10.2 Å². The lowest BCUT2D eigenvalue weighted by Gasteiger charge is -2.09. The van der Waals surface area contributed by atoms with E-state index in [0.717, 1.165) is 0 Å². The molecule has 0 saturated heterocycles. The van der Waals surface area contributed by atoms with E-state index in [2.05, 4.69) is 20.9 Å². The number of hydrogen-bond acceptors (Lipinski definition) is 4. The van der Waals surface area contributed by atoms with E-state index in [-0.39, 0.29) is 30.3 Å². The van der Waals surface area contributed by atoms with Crippen LogP contribution in [0.15, 0.2) is 12.3 Å². The Morgan fingerprint density at radius 3 is 2.65 bits per heavy atom. The SMILES string of the molecule is CCNC(=O)CCNC(=O)c1ccnc(NCC)c1F. The van der Waals surface area contributed by atoms with Gasteiger partial charge in [-0.25, -0.2) is 9.37 Å². The van der Waals surface area contributed by atoms with E-state index in [0.29, 0.717) is 13.1 Å². The van der Waals surface area contributed by atoms with Gasteiger partial charge < -0.3 is 16.0 Å². The summed E-state index contributed by atoms with van der Waals surface area (Å²) in [6, 6.07) is 1.30. The van der Waals surface area contributed by atoms with Crippen molar-refractivity contribution in [3.05, 3.63) is 23.6 Å². The summed E-state index contributed by atoms with van der Waals surface area (Å²) < 4.78 is 14.0. The smallest absolute Gasteiger partial charge is 0.254 e. The first-order valence-corrected chi connectivity index (χ1v) is 6.53. The molecular weight excluding hydrogens is 263 g/mol. The zero-order valence-corrected chi connectivity index (χ0v) is 11.6. The minimum atomic E-state index is -0.690. The number of anilines is 1. The first-order valence-electron chi connectivity index (χ1n) is 6.53. The van der Waals surface area contributed by atoms with Crippen molar-refractivity contribution >= 4 is 17.6 Å². The average Bonchev–Trinajstić information content (AvgIpc) is 2.41. The van der Waals surface area contributed by atoms with Gasteiger partial charge in [-0.15, -0.1) is 0 Å². The third-order valence-electron chi connectivity index (χ3n) is 2.49. The number of nitrogens with zero attached hydrogens (tertiary/aromatic N) is 1. The summed E-state index contributed by atoms with van der Waals surface area (Å²) in [5.41, 5.74) is -0.0909. The summed E-state index contributed by atoms with van der Waals surface area (Å²) in [5.74, 6) is -1.36. The van der Waals surface area contributed by atoms with Crippen LogP contribution in [0.25, 0.3) is 0 Å². The van der Waals surface area contributed by atoms with E-state index in [1.54, 1.807) is 6.92 Å². The van der Waals surface area contributed by atoms with Crippen molar-refractivity contribution < 1.29 is 14.0 Å². The van der Waals surface area contributed by atoms with Crippen molar-refractivity contribution in [1.29, 1.82) is 0 Å². The maximum absolute atomic E-state index is 14.0. The Kier molecular flexibility index (Phi) is 6.42. The molecular formula is C13H19FN4O2. The molecule has 3 N–H and O–H groups in total. The number of carbonyl (C=O) groups is 2. The number of amides is 2. The van der Waals surface area contributed by atoms with Gasteiger partial charge in [0.15, 0.2) is 11.6 Å². The normalized spacial score (nSPS) is 9.95. The van der Waals surface area contributed by atoms with Crippen molar-refractivity contribution in [2.24, 2.45) is 0 Å². The highest BCUT2D eigenvalue weighted by molar-refractivity contribution is 5.95. The quantitative estimate of drug-likeness (QED) is 0.694. The summed E-state index contributed by atoms with van der Waals surface area (Å²) >= 11 is 0. The highest BCUT2D eigenvalue weighted by Crippen LogP contribution is 2.14. The van der Waals surface area contributed by atoms with Crippen LogP contribution in [0, 0.1) is 5.82 Å². The Balaban J connectivity index is 2.59. The van der Waals surface area contributed by atoms with Crippen LogP contribution >= 0.6 is 0 Å². The molecule has 0 unspecified atom stereocenters. The molecule has 0 radical (unpaired) electrons. The van der Waals surface area contributed by atoms with Gasteiger partial charge in [-0.3, -0.25) is 9.59 Å².